The molecule has 1 atom stereocenters. The van der Waals surface area contributed by atoms with E-state index in [1.165, 1.54) is 12.3 Å². The van der Waals surface area contributed by atoms with E-state index < -0.39 is 5.91 Å². The molecule has 0 spiro atoms. The van der Waals surface area contributed by atoms with Gasteiger partial charge in [-0.15, -0.1) is 0 Å². The first-order valence-electron chi connectivity index (χ1n) is 6.92. The number of amides is 2. The van der Waals surface area contributed by atoms with E-state index in [1.807, 2.05) is 4.68 Å². The molecule has 3 rings (SSSR count). The average Bonchev–Trinajstić information content (AvgIpc) is 3.05. The maximum absolute atomic E-state index is 12.3. The SMILES string of the molecule is CC1CCCc2c(C(=O)Nc3c[nH]c(C(N)=O)c3)cnn21. The van der Waals surface area contributed by atoms with E-state index in [9.17, 15) is 9.59 Å². The lowest BCUT2D eigenvalue weighted by Gasteiger charge is -2.21. The molecule has 1 aliphatic rings. The smallest absolute Gasteiger partial charge is 0.265 e. The quantitative estimate of drug-likeness (QED) is 0.795. The summed E-state index contributed by atoms with van der Waals surface area (Å²) < 4.78 is 1.92. The third-order valence-electron chi connectivity index (χ3n) is 3.80. The second-order valence-corrected chi connectivity index (χ2v) is 5.31. The molecule has 3 heterocycles. The summed E-state index contributed by atoms with van der Waals surface area (Å²) in [6, 6.07) is 1.84. The summed E-state index contributed by atoms with van der Waals surface area (Å²) in [5, 5.41) is 7.06. The molecular formula is C14H17N5O2. The number of hydrogen-bond donors (Lipinski definition) is 3. The molecule has 0 saturated carbocycles. The van der Waals surface area contributed by atoms with Gasteiger partial charge in [0.05, 0.1) is 23.1 Å². The molecule has 1 aliphatic heterocycles. The Balaban J connectivity index is 1.81. The van der Waals surface area contributed by atoms with Crippen LogP contribution in [0.25, 0.3) is 0 Å². The number of aromatic nitrogens is 3. The van der Waals surface area contributed by atoms with Crippen molar-refractivity contribution in [3.8, 4) is 0 Å². The Morgan fingerprint density at radius 2 is 2.33 bits per heavy atom. The highest BCUT2D eigenvalue weighted by atomic mass is 16.2. The summed E-state index contributed by atoms with van der Waals surface area (Å²) in [5.41, 5.74) is 7.49. The molecule has 4 N–H and O–H groups in total. The molecule has 7 heteroatoms. The number of rotatable bonds is 3. The van der Waals surface area contributed by atoms with Crippen molar-refractivity contribution in [1.82, 2.24) is 14.8 Å². The Morgan fingerprint density at radius 3 is 3.05 bits per heavy atom. The number of nitrogens with one attached hydrogen (secondary N) is 2. The van der Waals surface area contributed by atoms with Crippen molar-refractivity contribution in [1.29, 1.82) is 0 Å². The first-order chi connectivity index (χ1) is 10.1. The van der Waals surface area contributed by atoms with Gasteiger partial charge in [0, 0.05) is 12.2 Å². The molecule has 0 bridgehead atoms. The fourth-order valence-electron chi connectivity index (χ4n) is 2.70. The molecule has 1 unspecified atom stereocenters. The normalized spacial score (nSPS) is 17.3. The summed E-state index contributed by atoms with van der Waals surface area (Å²) in [7, 11) is 0. The standard InChI is InChI=1S/C14H17N5O2/c1-8-3-2-4-12-10(7-17-19(8)12)14(21)18-9-5-11(13(15)20)16-6-9/h5-8,16H,2-4H2,1H3,(H2,15,20)(H,18,21). The minimum Gasteiger partial charge on any atom is -0.364 e. The van der Waals surface area contributed by atoms with Gasteiger partial charge in [0.1, 0.15) is 5.69 Å². The van der Waals surface area contributed by atoms with Gasteiger partial charge < -0.3 is 16.0 Å². The lowest BCUT2D eigenvalue weighted by atomic mass is 10.0. The second kappa shape index (κ2) is 5.08. The van der Waals surface area contributed by atoms with E-state index in [2.05, 4.69) is 22.3 Å². The minimum atomic E-state index is -0.563. The Kier molecular flexibility index (Phi) is 3.25. The van der Waals surface area contributed by atoms with Gasteiger partial charge in [-0.1, -0.05) is 0 Å². The zero-order chi connectivity index (χ0) is 15.0. The molecule has 110 valence electrons. The minimum absolute atomic E-state index is 0.222. The van der Waals surface area contributed by atoms with Gasteiger partial charge in [-0.05, 0) is 32.3 Å². The van der Waals surface area contributed by atoms with Crippen molar-refractivity contribution in [2.45, 2.75) is 32.2 Å². The topological polar surface area (TPSA) is 106 Å². The molecule has 0 radical (unpaired) electrons. The lowest BCUT2D eigenvalue weighted by molar-refractivity contribution is 0.0993. The number of anilines is 1. The number of primary amides is 1. The number of carbonyl (C=O) groups is 2. The first-order valence-corrected chi connectivity index (χ1v) is 6.92. The number of carbonyl (C=O) groups excluding carboxylic acids is 2. The highest BCUT2D eigenvalue weighted by molar-refractivity contribution is 6.05. The maximum Gasteiger partial charge on any atom is 0.265 e. The summed E-state index contributed by atoms with van der Waals surface area (Å²) in [4.78, 5) is 26.1. The number of hydrogen-bond acceptors (Lipinski definition) is 3. The first kappa shape index (κ1) is 13.4. The van der Waals surface area contributed by atoms with Crippen molar-refractivity contribution in [2.75, 3.05) is 5.32 Å². The van der Waals surface area contributed by atoms with Gasteiger partial charge in [0.2, 0.25) is 0 Å². The van der Waals surface area contributed by atoms with Gasteiger partial charge in [0.25, 0.3) is 11.8 Å². The highest BCUT2D eigenvalue weighted by Crippen LogP contribution is 2.26. The fraction of sp³-hybridized carbons (Fsp3) is 0.357. The summed E-state index contributed by atoms with van der Waals surface area (Å²) in [5.74, 6) is -0.785. The van der Waals surface area contributed by atoms with Gasteiger partial charge in [-0.25, -0.2) is 0 Å². The number of nitrogens with zero attached hydrogens (tertiary/aromatic N) is 2. The van der Waals surface area contributed by atoms with Crippen molar-refractivity contribution in [3.63, 3.8) is 0 Å². The van der Waals surface area contributed by atoms with E-state index >= 15 is 0 Å². The van der Waals surface area contributed by atoms with E-state index in [0.717, 1.165) is 25.0 Å². The molecule has 0 saturated heterocycles. The highest BCUT2D eigenvalue weighted by Gasteiger charge is 2.23. The van der Waals surface area contributed by atoms with Crippen LogP contribution in [0.1, 0.15) is 52.3 Å². The number of nitrogens with two attached hydrogens (primary N) is 1. The lowest BCUT2D eigenvalue weighted by Crippen LogP contribution is -2.19. The Morgan fingerprint density at radius 1 is 1.52 bits per heavy atom. The van der Waals surface area contributed by atoms with E-state index in [0.29, 0.717) is 17.3 Å². The molecule has 21 heavy (non-hydrogen) atoms. The molecule has 0 aliphatic carbocycles. The van der Waals surface area contributed by atoms with Gasteiger partial charge in [-0.2, -0.15) is 5.10 Å². The predicted octanol–water partition coefficient (Wildman–Crippen LogP) is 1.46. The van der Waals surface area contributed by atoms with Crippen molar-refractivity contribution < 1.29 is 9.59 Å². The molecule has 7 nitrogen and oxygen atoms in total. The zero-order valence-electron chi connectivity index (χ0n) is 11.7. The molecular weight excluding hydrogens is 270 g/mol. The maximum atomic E-state index is 12.3. The average molecular weight is 287 g/mol. The van der Waals surface area contributed by atoms with Crippen molar-refractivity contribution >= 4 is 17.5 Å². The fourth-order valence-corrected chi connectivity index (χ4v) is 2.70. The number of H-pyrrole nitrogens is 1. The van der Waals surface area contributed by atoms with Crippen LogP contribution in [0, 0.1) is 0 Å². The third-order valence-corrected chi connectivity index (χ3v) is 3.80. The largest absolute Gasteiger partial charge is 0.364 e. The van der Waals surface area contributed by atoms with Crippen LogP contribution >= 0.6 is 0 Å². The van der Waals surface area contributed by atoms with Crippen LogP contribution in [-0.2, 0) is 6.42 Å². The van der Waals surface area contributed by atoms with Gasteiger partial charge in [0.15, 0.2) is 0 Å². The number of fused-ring (bicyclic) bond motifs is 1. The van der Waals surface area contributed by atoms with Crippen molar-refractivity contribution in [2.24, 2.45) is 5.73 Å². The van der Waals surface area contributed by atoms with Crippen molar-refractivity contribution in [3.05, 3.63) is 35.4 Å². The third kappa shape index (κ3) is 2.42. The summed E-state index contributed by atoms with van der Waals surface area (Å²) in [6.07, 6.45) is 6.14. The van der Waals surface area contributed by atoms with Crippen LogP contribution in [0.5, 0.6) is 0 Å². The van der Waals surface area contributed by atoms with E-state index in [4.69, 9.17) is 5.73 Å². The molecule has 2 aromatic heterocycles. The van der Waals surface area contributed by atoms with Gasteiger partial charge in [-0.3, -0.25) is 14.3 Å². The number of aromatic amines is 1. The Bertz CT molecular complexity index is 700. The summed E-state index contributed by atoms with van der Waals surface area (Å²) in [6.45, 7) is 2.10. The van der Waals surface area contributed by atoms with E-state index in [-0.39, 0.29) is 11.6 Å². The van der Waals surface area contributed by atoms with Crippen LogP contribution in [0.2, 0.25) is 0 Å². The van der Waals surface area contributed by atoms with Crippen LogP contribution in [0.15, 0.2) is 18.5 Å². The molecule has 0 fully saturated rings. The molecule has 0 aromatic carbocycles. The Labute approximate surface area is 121 Å². The predicted molar refractivity (Wildman–Crippen MR) is 77.1 cm³/mol. The van der Waals surface area contributed by atoms with E-state index in [1.54, 1.807) is 6.20 Å². The van der Waals surface area contributed by atoms with Gasteiger partial charge >= 0.3 is 0 Å². The zero-order valence-corrected chi connectivity index (χ0v) is 11.7. The monoisotopic (exact) mass is 287 g/mol. The molecule has 2 amide bonds. The van der Waals surface area contributed by atoms with Crippen LogP contribution in [0.4, 0.5) is 5.69 Å². The molecule has 2 aromatic rings. The summed E-state index contributed by atoms with van der Waals surface area (Å²) >= 11 is 0. The second-order valence-electron chi connectivity index (χ2n) is 5.31. The Hall–Kier alpha value is -2.57. The van der Waals surface area contributed by atoms with Crippen LogP contribution in [-0.4, -0.2) is 26.6 Å². The van der Waals surface area contributed by atoms with Crippen LogP contribution < -0.4 is 11.1 Å². The van der Waals surface area contributed by atoms with Crippen LogP contribution in [0.3, 0.4) is 0 Å².